The molecule has 0 amide bonds. The SMILES string of the molecule is c1ccc2c(c1)/C(=N/OCCN1CCCCC1)c1cccn1-2. The number of oxime groups is 1. The van der Waals surface area contributed by atoms with E-state index in [1.165, 1.54) is 38.0 Å². The number of hydrogen-bond acceptors (Lipinski definition) is 3. The molecule has 0 aliphatic carbocycles. The van der Waals surface area contributed by atoms with E-state index in [0.717, 1.165) is 23.5 Å². The maximum Gasteiger partial charge on any atom is 0.136 e. The van der Waals surface area contributed by atoms with Crippen LogP contribution in [0.2, 0.25) is 0 Å². The third-order valence-corrected chi connectivity index (χ3v) is 4.51. The van der Waals surface area contributed by atoms with Crippen molar-refractivity contribution < 1.29 is 4.84 Å². The molecule has 1 fully saturated rings. The van der Waals surface area contributed by atoms with Crippen molar-refractivity contribution in [1.29, 1.82) is 0 Å². The molecule has 1 saturated heterocycles. The smallest absolute Gasteiger partial charge is 0.136 e. The van der Waals surface area contributed by atoms with E-state index in [9.17, 15) is 0 Å². The second-order valence-electron chi connectivity index (χ2n) is 5.96. The van der Waals surface area contributed by atoms with Gasteiger partial charge in [-0.25, -0.2) is 0 Å². The Labute approximate surface area is 131 Å². The zero-order chi connectivity index (χ0) is 14.8. The fourth-order valence-corrected chi connectivity index (χ4v) is 3.36. The number of rotatable bonds is 4. The fraction of sp³-hybridized carbons (Fsp3) is 0.389. The Morgan fingerprint density at radius 1 is 1.00 bits per heavy atom. The first-order valence-electron chi connectivity index (χ1n) is 8.13. The summed E-state index contributed by atoms with van der Waals surface area (Å²) in [7, 11) is 0. The summed E-state index contributed by atoms with van der Waals surface area (Å²) in [5.41, 5.74) is 4.38. The number of fused-ring (bicyclic) bond motifs is 3. The monoisotopic (exact) mass is 295 g/mol. The Morgan fingerprint density at radius 2 is 1.86 bits per heavy atom. The maximum absolute atomic E-state index is 5.64. The number of benzene rings is 1. The van der Waals surface area contributed by atoms with Crippen LogP contribution in [-0.4, -0.2) is 41.4 Å². The van der Waals surface area contributed by atoms with Gasteiger partial charge in [0.2, 0.25) is 0 Å². The summed E-state index contributed by atoms with van der Waals surface area (Å²) < 4.78 is 2.17. The lowest BCUT2D eigenvalue weighted by atomic mass is 10.1. The molecule has 22 heavy (non-hydrogen) atoms. The topological polar surface area (TPSA) is 29.8 Å². The lowest BCUT2D eigenvalue weighted by molar-refractivity contribution is 0.103. The van der Waals surface area contributed by atoms with Crippen LogP contribution < -0.4 is 0 Å². The molecule has 2 aliphatic heterocycles. The van der Waals surface area contributed by atoms with Crippen molar-refractivity contribution in [3.05, 3.63) is 53.9 Å². The quantitative estimate of drug-likeness (QED) is 0.547. The van der Waals surface area contributed by atoms with Crippen molar-refractivity contribution in [2.75, 3.05) is 26.2 Å². The van der Waals surface area contributed by atoms with Gasteiger partial charge in [-0.15, -0.1) is 0 Å². The third kappa shape index (κ3) is 2.44. The van der Waals surface area contributed by atoms with Gasteiger partial charge in [-0.2, -0.15) is 0 Å². The van der Waals surface area contributed by atoms with Crippen LogP contribution >= 0.6 is 0 Å². The lowest BCUT2D eigenvalue weighted by Gasteiger charge is -2.25. The molecule has 0 bridgehead atoms. The minimum atomic E-state index is 0.659. The Morgan fingerprint density at radius 3 is 2.77 bits per heavy atom. The van der Waals surface area contributed by atoms with Gasteiger partial charge in [0.15, 0.2) is 0 Å². The first-order valence-corrected chi connectivity index (χ1v) is 8.13. The van der Waals surface area contributed by atoms with E-state index in [1.54, 1.807) is 0 Å². The van der Waals surface area contributed by atoms with Crippen LogP contribution in [0.5, 0.6) is 0 Å². The number of para-hydroxylation sites is 1. The first kappa shape index (κ1) is 13.6. The Balaban J connectivity index is 1.46. The van der Waals surface area contributed by atoms with Crippen LogP contribution in [0.1, 0.15) is 30.5 Å². The Bertz CT molecular complexity index is 683. The third-order valence-electron chi connectivity index (χ3n) is 4.51. The van der Waals surface area contributed by atoms with E-state index >= 15 is 0 Å². The zero-order valence-corrected chi connectivity index (χ0v) is 12.7. The summed E-state index contributed by atoms with van der Waals surface area (Å²) in [5, 5.41) is 4.43. The lowest BCUT2D eigenvalue weighted by Crippen LogP contribution is -2.32. The molecule has 114 valence electrons. The minimum absolute atomic E-state index is 0.659. The van der Waals surface area contributed by atoms with Crippen LogP contribution in [0.25, 0.3) is 5.69 Å². The summed E-state index contributed by atoms with van der Waals surface area (Å²) in [5.74, 6) is 0. The molecular weight excluding hydrogens is 274 g/mol. The average molecular weight is 295 g/mol. The van der Waals surface area contributed by atoms with E-state index < -0.39 is 0 Å². The molecule has 0 atom stereocenters. The van der Waals surface area contributed by atoms with Gasteiger partial charge >= 0.3 is 0 Å². The van der Waals surface area contributed by atoms with E-state index in [4.69, 9.17) is 4.84 Å². The molecule has 4 nitrogen and oxygen atoms in total. The van der Waals surface area contributed by atoms with Gasteiger partial charge in [-0.1, -0.05) is 29.8 Å². The van der Waals surface area contributed by atoms with Crippen molar-refractivity contribution >= 4 is 5.71 Å². The van der Waals surface area contributed by atoms with Crippen molar-refractivity contribution in [1.82, 2.24) is 9.47 Å². The van der Waals surface area contributed by atoms with Gasteiger partial charge in [-0.3, -0.25) is 4.90 Å². The van der Waals surface area contributed by atoms with Crippen LogP contribution in [-0.2, 0) is 4.84 Å². The molecule has 4 rings (SSSR count). The zero-order valence-electron chi connectivity index (χ0n) is 12.7. The van der Waals surface area contributed by atoms with Crippen LogP contribution in [0.3, 0.4) is 0 Å². The van der Waals surface area contributed by atoms with Crippen LogP contribution in [0, 0.1) is 0 Å². The summed E-state index contributed by atoms with van der Waals surface area (Å²) >= 11 is 0. The van der Waals surface area contributed by atoms with Gasteiger partial charge in [-0.05, 0) is 44.1 Å². The summed E-state index contributed by atoms with van der Waals surface area (Å²) in [4.78, 5) is 8.10. The molecule has 0 N–H and O–H groups in total. The number of piperidine rings is 1. The number of likely N-dealkylation sites (tertiary alicyclic amines) is 1. The number of aromatic nitrogens is 1. The largest absolute Gasteiger partial charge is 0.394 e. The summed E-state index contributed by atoms with van der Waals surface area (Å²) in [6.07, 6.45) is 6.07. The molecule has 1 aromatic heterocycles. The normalized spacial score (nSPS) is 19.2. The predicted octanol–water partition coefficient (Wildman–Crippen LogP) is 3.05. The molecule has 0 saturated carbocycles. The highest BCUT2D eigenvalue weighted by molar-refractivity contribution is 6.17. The van der Waals surface area contributed by atoms with Crippen LogP contribution in [0.15, 0.2) is 47.8 Å². The molecule has 0 unspecified atom stereocenters. The minimum Gasteiger partial charge on any atom is -0.394 e. The van der Waals surface area contributed by atoms with E-state index in [0.29, 0.717) is 6.61 Å². The first-order chi connectivity index (χ1) is 10.9. The molecule has 0 spiro atoms. The molecule has 2 aliphatic rings. The second kappa shape index (κ2) is 5.97. The second-order valence-corrected chi connectivity index (χ2v) is 5.96. The highest BCUT2D eigenvalue weighted by Gasteiger charge is 2.24. The van der Waals surface area contributed by atoms with E-state index in [-0.39, 0.29) is 0 Å². The van der Waals surface area contributed by atoms with Gasteiger partial charge in [0.05, 0.1) is 11.4 Å². The van der Waals surface area contributed by atoms with E-state index in [2.05, 4.69) is 57.2 Å². The Kier molecular flexibility index (Phi) is 3.69. The molecule has 3 heterocycles. The highest BCUT2D eigenvalue weighted by Crippen LogP contribution is 2.28. The Hall–Kier alpha value is -2.07. The summed E-state index contributed by atoms with van der Waals surface area (Å²) in [6.45, 7) is 4.03. The van der Waals surface area contributed by atoms with Gasteiger partial charge in [0.1, 0.15) is 12.3 Å². The average Bonchev–Trinajstić information content (AvgIpc) is 3.15. The van der Waals surface area contributed by atoms with Gasteiger partial charge in [0.25, 0.3) is 0 Å². The number of nitrogens with zero attached hydrogens (tertiary/aromatic N) is 3. The van der Waals surface area contributed by atoms with Crippen molar-refractivity contribution in [2.45, 2.75) is 19.3 Å². The van der Waals surface area contributed by atoms with Crippen molar-refractivity contribution in [2.24, 2.45) is 5.16 Å². The summed E-state index contributed by atoms with van der Waals surface area (Å²) in [6, 6.07) is 12.5. The van der Waals surface area contributed by atoms with E-state index in [1.807, 2.05) is 0 Å². The van der Waals surface area contributed by atoms with Gasteiger partial charge < -0.3 is 9.40 Å². The number of hydrogen-bond donors (Lipinski definition) is 0. The van der Waals surface area contributed by atoms with Gasteiger partial charge in [0, 0.05) is 18.3 Å². The molecule has 4 heteroatoms. The van der Waals surface area contributed by atoms with Crippen LogP contribution in [0.4, 0.5) is 0 Å². The fourth-order valence-electron chi connectivity index (χ4n) is 3.36. The van der Waals surface area contributed by atoms with Crippen molar-refractivity contribution in [3.63, 3.8) is 0 Å². The molecule has 2 aromatic rings. The molecular formula is C18H21N3O. The molecule has 1 aromatic carbocycles. The highest BCUT2D eigenvalue weighted by atomic mass is 16.6. The standard InChI is InChI=1S/C18H21N3O/c1-4-10-20(11-5-1)13-14-22-19-18-15-7-2-3-8-16(15)21-12-6-9-17(18)21/h2-3,6-9,12H,1,4-5,10-11,13-14H2/b19-18-. The maximum atomic E-state index is 5.64. The predicted molar refractivity (Wildman–Crippen MR) is 87.7 cm³/mol. The molecule has 0 radical (unpaired) electrons. The van der Waals surface area contributed by atoms with Crippen molar-refractivity contribution in [3.8, 4) is 5.69 Å².